The zero-order valence-electron chi connectivity index (χ0n) is 13.8. The zero-order valence-corrected chi connectivity index (χ0v) is 14.7. The molecular weight excluding hydrogens is 348 g/mol. The summed E-state index contributed by atoms with van der Waals surface area (Å²) >= 11 is 1.64. The Hall–Kier alpha value is -2.99. The van der Waals surface area contributed by atoms with Gasteiger partial charge in [-0.15, -0.1) is 11.3 Å². The molecule has 1 amide bonds. The zero-order chi connectivity index (χ0) is 17.5. The van der Waals surface area contributed by atoms with Crippen LogP contribution in [0.5, 0.6) is 11.5 Å². The molecule has 5 rings (SSSR count). The predicted octanol–water partition coefficient (Wildman–Crippen LogP) is 4.24. The van der Waals surface area contributed by atoms with Crippen LogP contribution in [-0.4, -0.2) is 17.6 Å². The summed E-state index contributed by atoms with van der Waals surface area (Å²) in [5, 5.41) is 5.54. The number of nitrogens with one attached hydrogen (secondary N) is 1. The normalized spacial score (nSPS) is 17.8. The van der Waals surface area contributed by atoms with Gasteiger partial charge >= 0.3 is 0 Å². The van der Waals surface area contributed by atoms with Gasteiger partial charge in [0.25, 0.3) is 5.91 Å². The van der Waals surface area contributed by atoms with Crippen molar-refractivity contribution < 1.29 is 14.3 Å². The minimum atomic E-state index is -0.192. The Bertz CT molecular complexity index is 971. The van der Waals surface area contributed by atoms with Crippen molar-refractivity contribution in [2.75, 3.05) is 12.1 Å². The lowest BCUT2D eigenvalue weighted by atomic mass is 10.1. The van der Waals surface area contributed by atoms with Crippen LogP contribution in [0.2, 0.25) is 0 Å². The largest absolute Gasteiger partial charge is 0.454 e. The number of benzene rings is 2. The molecule has 0 unspecified atom stereocenters. The summed E-state index contributed by atoms with van der Waals surface area (Å²) in [6.45, 7) is 0.730. The lowest BCUT2D eigenvalue weighted by Gasteiger charge is -2.37. The molecule has 1 N–H and O–H groups in total. The van der Waals surface area contributed by atoms with Crippen molar-refractivity contribution >= 4 is 22.9 Å². The number of fused-ring (bicyclic) bond motifs is 2. The van der Waals surface area contributed by atoms with Gasteiger partial charge in [0.05, 0.1) is 5.56 Å². The van der Waals surface area contributed by atoms with Crippen molar-refractivity contribution in [2.45, 2.75) is 12.7 Å². The molecule has 2 aliphatic heterocycles. The summed E-state index contributed by atoms with van der Waals surface area (Å²) < 4.78 is 10.8. The number of thiophene rings is 1. The van der Waals surface area contributed by atoms with Gasteiger partial charge in [0.1, 0.15) is 6.17 Å². The van der Waals surface area contributed by atoms with E-state index in [-0.39, 0.29) is 18.9 Å². The first kappa shape index (κ1) is 15.3. The molecule has 3 aromatic rings. The number of hydrogen-bond acceptors (Lipinski definition) is 5. The summed E-state index contributed by atoms with van der Waals surface area (Å²) in [5.74, 6) is 1.50. The predicted molar refractivity (Wildman–Crippen MR) is 99.6 cm³/mol. The highest BCUT2D eigenvalue weighted by molar-refractivity contribution is 7.10. The summed E-state index contributed by atoms with van der Waals surface area (Å²) in [6.07, 6.45) is -0.192. The van der Waals surface area contributed by atoms with Gasteiger partial charge in [-0.3, -0.25) is 4.79 Å². The fourth-order valence-electron chi connectivity index (χ4n) is 3.36. The standard InChI is InChI=1S/C20H16N2O3S/c23-20-14-4-1-2-5-15(14)21-19(18-6-3-9-26-18)22(20)11-13-7-8-16-17(10-13)25-12-24-16/h1-10,19,21H,11-12H2/t19-/m1/s1. The number of ether oxygens (including phenoxy) is 2. The van der Waals surface area contributed by atoms with Gasteiger partial charge in [0, 0.05) is 17.1 Å². The Morgan fingerprint density at radius 1 is 1.08 bits per heavy atom. The van der Waals surface area contributed by atoms with E-state index in [0.29, 0.717) is 12.1 Å². The highest BCUT2D eigenvalue weighted by Crippen LogP contribution is 2.37. The number of amides is 1. The molecule has 26 heavy (non-hydrogen) atoms. The van der Waals surface area contributed by atoms with Crippen LogP contribution >= 0.6 is 11.3 Å². The van der Waals surface area contributed by atoms with E-state index in [0.717, 1.165) is 27.6 Å². The van der Waals surface area contributed by atoms with E-state index in [2.05, 4.69) is 11.4 Å². The Labute approximate surface area is 154 Å². The van der Waals surface area contributed by atoms with Gasteiger partial charge in [-0.25, -0.2) is 0 Å². The van der Waals surface area contributed by atoms with Crippen LogP contribution in [0.4, 0.5) is 5.69 Å². The maximum atomic E-state index is 13.2. The second-order valence-electron chi connectivity index (χ2n) is 6.23. The van der Waals surface area contributed by atoms with E-state index in [1.54, 1.807) is 11.3 Å². The number of para-hydroxylation sites is 1. The Morgan fingerprint density at radius 2 is 1.96 bits per heavy atom. The van der Waals surface area contributed by atoms with E-state index < -0.39 is 0 Å². The number of carbonyl (C=O) groups is 1. The molecule has 0 saturated heterocycles. The fourth-order valence-corrected chi connectivity index (χ4v) is 4.15. The molecule has 1 atom stereocenters. The minimum absolute atomic E-state index is 0.0235. The number of nitrogens with zero attached hydrogens (tertiary/aromatic N) is 1. The Kier molecular flexibility index (Phi) is 3.57. The highest BCUT2D eigenvalue weighted by Gasteiger charge is 2.33. The second-order valence-corrected chi connectivity index (χ2v) is 7.21. The van der Waals surface area contributed by atoms with Crippen molar-refractivity contribution in [3.8, 4) is 11.5 Å². The number of rotatable bonds is 3. The van der Waals surface area contributed by atoms with Gasteiger partial charge in [-0.05, 0) is 41.3 Å². The van der Waals surface area contributed by atoms with Crippen molar-refractivity contribution in [2.24, 2.45) is 0 Å². The van der Waals surface area contributed by atoms with Crippen LogP contribution in [0.25, 0.3) is 0 Å². The molecule has 6 heteroatoms. The average Bonchev–Trinajstić information content (AvgIpc) is 3.35. The van der Waals surface area contributed by atoms with Gasteiger partial charge in [-0.2, -0.15) is 0 Å². The van der Waals surface area contributed by atoms with Gasteiger partial charge in [0.15, 0.2) is 11.5 Å². The average molecular weight is 364 g/mol. The van der Waals surface area contributed by atoms with Crippen LogP contribution in [-0.2, 0) is 6.54 Å². The molecule has 2 aromatic carbocycles. The molecule has 1 aromatic heterocycles. The SMILES string of the molecule is O=C1c2ccccc2N[C@@H](c2cccs2)N1Cc1ccc2c(c1)OCO2. The topological polar surface area (TPSA) is 50.8 Å². The van der Waals surface area contributed by atoms with Crippen molar-refractivity contribution in [3.05, 3.63) is 76.0 Å². The van der Waals surface area contributed by atoms with E-state index in [4.69, 9.17) is 9.47 Å². The van der Waals surface area contributed by atoms with E-state index in [1.807, 2.05) is 58.8 Å². The summed E-state index contributed by atoms with van der Waals surface area (Å²) in [5.41, 5.74) is 2.57. The quantitative estimate of drug-likeness (QED) is 0.755. The Balaban J connectivity index is 1.53. The summed E-state index contributed by atoms with van der Waals surface area (Å²) in [7, 11) is 0. The summed E-state index contributed by atoms with van der Waals surface area (Å²) in [4.78, 5) is 16.2. The molecule has 5 nitrogen and oxygen atoms in total. The number of hydrogen-bond donors (Lipinski definition) is 1. The van der Waals surface area contributed by atoms with Crippen LogP contribution in [0, 0.1) is 0 Å². The third-order valence-electron chi connectivity index (χ3n) is 4.62. The van der Waals surface area contributed by atoms with E-state index in [9.17, 15) is 4.79 Å². The van der Waals surface area contributed by atoms with E-state index >= 15 is 0 Å². The molecule has 0 aliphatic carbocycles. The first-order valence-electron chi connectivity index (χ1n) is 8.38. The third-order valence-corrected chi connectivity index (χ3v) is 5.55. The van der Waals surface area contributed by atoms with Crippen molar-refractivity contribution in [1.82, 2.24) is 4.90 Å². The summed E-state index contributed by atoms with van der Waals surface area (Å²) in [6, 6.07) is 17.5. The van der Waals surface area contributed by atoms with Crippen molar-refractivity contribution in [3.63, 3.8) is 0 Å². The van der Waals surface area contributed by atoms with Gasteiger partial charge in [-0.1, -0.05) is 24.3 Å². The molecule has 0 fully saturated rings. The molecular formula is C20H16N2O3S. The second kappa shape index (κ2) is 6.07. The number of carbonyl (C=O) groups excluding carboxylic acids is 1. The van der Waals surface area contributed by atoms with Crippen LogP contribution in [0.1, 0.15) is 27.0 Å². The molecule has 130 valence electrons. The Morgan fingerprint density at radius 3 is 2.85 bits per heavy atom. The molecule has 2 aliphatic rings. The number of anilines is 1. The lowest BCUT2D eigenvalue weighted by molar-refractivity contribution is 0.0669. The van der Waals surface area contributed by atoms with Crippen molar-refractivity contribution in [1.29, 1.82) is 0 Å². The smallest absolute Gasteiger partial charge is 0.258 e. The van der Waals surface area contributed by atoms with Crippen LogP contribution < -0.4 is 14.8 Å². The minimum Gasteiger partial charge on any atom is -0.454 e. The first-order chi connectivity index (χ1) is 12.8. The fraction of sp³-hybridized carbons (Fsp3) is 0.150. The van der Waals surface area contributed by atoms with Gasteiger partial charge in [0.2, 0.25) is 6.79 Å². The maximum Gasteiger partial charge on any atom is 0.258 e. The van der Waals surface area contributed by atoms with Crippen LogP contribution in [0.15, 0.2) is 60.0 Å². The molecule has 0 saturated carbocycles. The third kappa shape index (κ3) is 2.50. The lowest BCUT2D eigenvalue weighted by Crippen LogP contribution is -2.42. The first-order valence-corrected chi connectivity index (χ1v) is 9.26. The monoisotopic (exact) mass is 364 g/mol. The molecule has 3 heterocycles. The molecule has 0 spiro atoms. The van der Waals surface area contributed by atoms with Gasteiger partial charge < -0.3 is 19.7 Å². The van der Waals surface area contributed by atoms with Crippen LogP contribution in [0.3, 0.4) is 0 Å². The highest BCUT2D eigenvalue weighted by atomic mass is 32.1. The maximum absolute atomic E-state index is 13.2. The van der Waals surface area contributed by atoms with E-state index in [1.165, 1.54) is 0 Å². The molecule has 0 radical (unpaired) electrons. The molecule has 0 bridgehead atoms.